The van der Waals surface area contributed by atoms with Gasteiger partial charge in [0.25, 0.3) is 0 Å². The SMILES string of the molecule is Cc1ccccc1C(CC(=O)O)N(C)c1ccc(OCc2ccccn2)cc1. The van der Waals surface area contributed by atoms with E-state index in [0.717, 1.165) is 28.3 Å². The number of ether oxygens (including phenoxy) is 1. The second-order valence-corrected chi connectivity index (χ2v) is 6.68. The number of rotatable bonds is 8. The van der Waals surface area contributed by atoms with Gasteiger partial charge >= 0.3 is 5.97 Å². The van der Waals surface area contributed by atoms with Gasteiger partial charge in [0.15, 0.2) is 0 Å². The average molecular weight is 376 g/mol. The van der Waals surface area contributed by atoms with Crippen molar-refractivity contribution in [3.05, 3.63) is 89.7 Å². The Bertz CT molecular complexity index is 911. The van der Waals surface area contributed by atoms with Gasteiger partial charge in [-0.2, -0.15) is 0 Å². The van der Waals surface area contributed by atoms with E-state index in [-0.39, 0.29) is 12.5 Å². The van der Waals surface area contributed by atoms with Crippen LogP contribution in [0.15, 0.2) is 72.9 Å². The molecule has 0 amide bonds. The van der Waals surface area contributed by atoms with Crippen molar-refractivity contribution in [3.63, 3.8) is 0 Å². The maximum absolute atomic E-state index is 11.5. The number of benzene rings is 2. The van der Waals surface area contributed by atoms with Gasteiger partial charge in [-0.15, -0.1) is 0 Å². The Morgan fingerprint density at radius 1 is 1.07 bits per heavy atom. The molecule has 1 N–H and O–H groups in total. The zero-order valence-corrected chi connectivity index (χ0v) is 16.1. The molecule has 0 radical (unpaired) electrons. The summed E-state index contributed by atoms with van der Waals surface area (Å²) in [5.74, 6) is -0.0797. The van der Waals surface area contributed by atoms with Crippen molar-refractivity contribution in [2.75, 3.05) is 11.9 Å². The quantitative estimate of drug-likeness (QED) is 0.621. The van der Waals surface area contributed by atoms with Gasteiger partial charge in [-0.3, -0.25) is 9.78 Å². The molecule has 0 saturated heterocycles. The topological polar surface area (TPSA) is 62.7 Å². The third kappa shape index (κ3) is 4.88. The molecular weight excluding hydrogens is 352 g/mol. The van der Waals surface area contributed by atoms with E-state index in [1.54, 1.807) is 6.20 Å². The third-order valence-electron chi connectivity index (χ3n) is 4.74. The number of carbonyl (C=O) groups is 1. The summed E-state index contributed by atoms with van der Waals surface area (Å²) >= 11 is 0. The summed E-state index contributed by atoms with van der Waals surface area (Å²) in [6.45, 7) is 2.41. The van der Waals surface area contributed by atoms with Crippen LogP contribution in [0.25, 0.3) is 0 Å². The fourth-order valence-corrected chi connectivity index (χ4v) is 3.18. The Morgan fingerprint density at radius 3 is 2.43 bits per heavy atom. The number of pyridine rings is 1. The smallest absolute Gasteiger partial charge is 0.305 e. The van der Waals surface area contributed by atoms with Crippen LogP contribution in [-0.2, 0) is 11.4 Å². The van der Waals surface area contributed by atoms with E-state index in [4.69, 9.17) is 4.74 Å². The lowest BCUT2D eigenvalue weighted by atomic mass is 9.97. The number of aryl methyl sites for hydroxylation is 1. The lowest BCUT2D eigenvalue weighted by molar-refractivity contribution is -0.137. The maximum atomic E-state index is 11.5. The van der Waals surface area contributed by atoms with E-state index >= 15 is 0 Å². The Labute approximate surface area is 165 Å². The highest BCUT2D eigenvalue weighted by Crippen LogP contribution is 2.31. The summed E-state index contributed by atoms with van der Waals surface area (Å²) in [5, 5.41) is 9.40. The highest BCUT2D eigenvalue weighted by Gasteiger charge is 2.22. The minimum Gasteiger partial charge on any atom is -0.487 e. The molecule has 0 fully saturated rings. The van der Waals surface area contributed by atoms with Gasteiger partial charge in [-0.05, 0) is 54.4 Å². The van der Waals surface area contributed by atoms with Crippen molar-refractivity contribution >= 4 is 11.7 Å². The molecule has 0 spiro atoms. The van der Waals surface area contributed by atoms with Gasteiger partial charge in [-0.1, -0.05) is 30.3 Å². The second kappa shape index (κ2) is 9.04. The molecule has 0 bridgehead atoms. The highest BCUT2D eigenvalue weighted by molar-refractivity contribution is 5.69. The summed E-state index contributed by atoms with van der Waals surface area (Å²) in [6, 6.07) is 21.0. The largest absolute Gasteiger partial charge is 0.487 e. The number of hydrogen-bond acceptors (Lipinski definition) is 4. The van der Waals surface area contributed by atoms with Crippen LogP contribution in [-0.4, -0.2) is 23.1 Å². The molecule has 1 heterocycles. The maximum Gasteiger partial charge on any atom is 0.305 e. The van der Waals surface area contributed by atoms with E-state index in [1.165, 1.54) is 0 Å². The van der Waals surface area contributed by atoms with E-state index in [2.05, 4.69) is 4.98 Å². The monoisotopic (exact) mass is 376 g/mol. The van der Waals surface area contributed by atoms with Crippen LogP contribution >= 0.6 is 0 Å². The van der Waals surface area contributed by atoms with Gasteiger partial charge in [0, 0.05) is 18.9 Å². The van der Waals surface area contributed by atoms with E-state index in [9.17, 15) is 9.90 Å². The first-order chi connectivity index (χ1) is 13.5. The van der Waals surface area contributed by atoms with Crippen LogP contribution in [0.5, 0.6) is 5.75 Å². The van der Waals surface area contributed by atoms with Crippen molar-refractivity contribution < 1.29 is 14.6 Å². The Balaban J connectivity index is 1.75. The molecule has 5 nitrogen and oxygen atoms in total. The number of hydrogen-bond donors (Lipinski definition) is 1. The standard InChI is InChI=1S/C23H24N2O3/c1-17-7-3-4-9-21(17)22(15-23(26)27)25(2)19-10-12-20(13-11-19)28-16-18-8-5-6-14-24-18/h3-14,22H,15-16H2,1-2H3,(H,26,27). The van der Waals surface area contributed by atoms with Gasteiger partial charge in [-0.25, -0.2) is 0 Å². The van der Waals surface area contributed by atoms with Crippen molar-refractivity contribution in [1.82, 2.24) is 4.98 Å². The third-order valence-corrected chi connectivity index (χ3v) is 4.74. The number of carboxylic acids is 1. The number of nitrogens with zero attached hydrogens (tertiary/aromatic N) is 2. The number of anilines is 1. The Morgan fingerprint density at radius 2 is 1.79 bits per heavy atom. The highest BCUT2D eigenvalue weighted by atomic mass is 16.5. The molecular formula is C23H24N2O3. The second-order valence-electron chi connectivity index (χ2n) is 6.68. The van der Waals surface area contributed by atoms with E-state index in [0.29, 0.717) is 6.61 Å². The summed E-state index contributed by atoms with van der Waals surface area (Å²) in [7, 11) is 1.92. The predicted molar refractivity (Wildman–Crippen MR) is 110 cm³/mol. The number of aliphatic carboxylic acids is 1. The van der Waals surface area contributed by atoms with E-state index in [1.807, 2.05) is 85.6 Å². The first-order valence-corrected chi connectivity index (χ1v) is 9.17. The molecule has 144 valence electrons. The van der Waals surface area contributed by atoms with Crippen LogP contribution in [0.2, 0.25) is 0 Å². The molecule has 3 aromatic rings. The number of carboxylic acid groups (broad SMARTS) is 1. The molecule has 1 aromatic heterocycles. The molecule has 0 saturated carbocycles. The fraction of sp³-hybridized carbons (Fsp3) is 0.217. The molecule has 1 atom stereocenters. The van der Waals surface area contributed by atoms with Gasteiger partial charge in [0.1, 0.15) is 12.4 Å². The summed E-state index contributed by atoms with van der Waals surface area (Å²) < 4.78 is 5.78. The van der Waals surface area contributed by atoms with Crippen LogP contribution in [0.1, 0.15) is 29.3 Å². The molecule has 2 aromatic carbocycles. The Hall–Kier alpha value is -3.34. The van der Waals surface area contributed by atoms with Crippen LogP contribution in [0.3, 0.4) is 0 Å². The minimum atomic E-state index is -0.824. The zero-order valence-electron chi connectivity index (χ0n) is 16.1. The average Bonchev–Trinajstić information content (AvgIpc) is 2.72. The molecule has 0 aliphatic carbocycles. The lowest BCUT2D eigenvalue weighted by Gasteiger charge is -2.30. The summed E-state index contributed by atoms with van der Waals surface area (Å²) in [6.07, 6.45) is 1.77. The summed E-state index contributed by atoms with van der Waals surface area (Å²) in [4.78, 5) is 17.7. The van der Waals surface area contributed by atoms with Crippen molar-refractivity contribution in [2.45, 2.75) is 26.0 Å². The fourth-order valence-electron chi connectivity index (χ4n) is 3.18. The normalized spacial score (nSPS) is 11.6. The predicted octanol–water partition coefficient (Wildman–Crippen LogP) is 4.62. The number of aromatic nitrogens is 1. The van der Waals surface area contributed by atoms with Crippen molar-refractivity contribution in [3.8, 4) is 5.75 Å². The zero-order chi connectivity index (χ0) is 19.9. The van der Waals surface area contributed by atoms with Crippen LogP contribution in [0, 0.1) is 6.92 Å². The van der Waals surface area contributed by atoms with Crippen molar-refractivity contribution in [2.24, 2.45) is 0 Å². The van der Waals surface area contributed by atoms with Gasteiger partial charge in [0.05, 0.1) is 18.2 Å². The summed E-state index contributed by atoms with van der Waals surface area (Å²) in [5.41, 5.74) is 3.89. The van der Waals surface area contributed by atoms with Gasteiger partial charge in [0.2, 0.25) is 0 Å². The van der Waals surface area contributed by atoms with Crippen molar-refractivity contribution in [1.29, 1.82) is 0 Å². The Kier molecular flexibility index (Phi) is 6.27. The first kappa shape index (κ1) is 19.4. The molecule has 1 unspecified atom stereocenters. The minimum absolute atomic E-state index is 0.0271. The van der Waals surface area contributed by atoms with Crippen LogP contribution < -0.4 is 9.64 Å². The first-order valence-electron chi connectivity index (χ1n) is 9.17. The molecule has 28 heavy (non-hydrogen) atoms. The molecule has 0 aliphatic heterocycles. The van der Waals surface area contributed by atoms with E-state index < -0.39 is 5.97 Å². The van der Waals surface area contributed by atoms with Gasteiger partial charge < -0.3 is 14.7 Å². The lowest BCUT2D eigenvalue weighted by Crippen LogP contribution is -2.27. The molecule has 3 rings (SSSR count). The molecule has 5 heteroatoms. The molecule has 0 aliphatic rings. The van der Waals surface area contributed by atoms with Crippen LogP contribution in [0.4, 0.5) is 5.69 Å².